The van der Waals surface area contributed by atoms with Gasteiger partial charge >= 0.3 is 19.3 Å². The summed E-state index contributed by atoms with van der Waals surface area (Å²) in [5, 5.41) is 0. The minimum Gasteiger partial charge on any atom is -0.340 e. The fraction of sp³-hybridized carbons (Fsp3) is 0.143. The molecule has 0 aliphatic rings. The Hall–Kier alpha value is 0.206. The smallest absolute Gasteiger partial charge is 0.340 e. The third-order valence-corrected chi connectivity index (χ3v) is 2.85. The predicted molar refractivity (Wildman–Crippen MR) is 41.9 cm³/mol. The lowest BCUT2D eigenvalue weighted by Crippen LogP contribution is -1.94. The van der Waals surface area contributed by atoms with E-state index >= 15 is 0 Å². The second kappa shape index (κ2) is 4.16. The van der Waals surface area contributed by atoms with Crippen LogP contribution >= 0.6 is 9.07 Å². The molecule has 0 fully saturated rings. The van der Waals surface area contributed by atoms with Crippen LogP contribution in [0.15, 0.2) is 30.3 Å². The number of hydrogen-bond donors (Lipinski definition) is 0. The molecular formula is C7H6ClFMg. The maximum absolute atomic E-state index is 12.8. The molecule has 1 aromatic rings. The molecule has 0 N–H and O–H groups in total. The van der Waals surface area contributed by atoms with Crippen LogP contribution in [0.1, 0.15) is 9.86 Å². The maximum atomic E-state index is 12.8. The SMILES string of the molecule is F[CH]([Mg][Cl])c1ccccc1. The standard InChI is InChI=1S/C7H6F.ClH.Mg/c8-6-7-4-2-1-3-5-7;;/h1-6H;1H;/q;;+1/p-1. The highest BCUT2D eigenvalue weighted by Gasteiger charge is 2.10. The average Bonchev–Trinajstić information content (AvgIpc) is 2.05. The minimum atomic E-state index is -1.05. The number of halogens is 2. The van der Waals surface area contributed by atoms with Crippen molar-refractivity contribution in [1.29, 1.82) is 0 Å². The summed E-state index contributed by atoms with van der Waals surface area (Å²) in [4.78, 5) is 0. The van der Waals surface area contributed by atoms with Crippen LogP contribution in [-0.2, 0) is 0 Å². The normalized spacial score (nSPS) is 12.2. The van der Waals surface area contributed by atoms with E-state index in [2.05, 4.69) is 0 Å². The fourth-order valence-corrected chi connectivity index (χ4v) is 1.74. The molecule has 0 bridgehead atoms. The Labute approximate surface area is 72.9 Å². The molecule has 1 unspecified atom stereocenters. The quantitative estimate of drug-likeness (QED) is 0.596. The van der Waals surface area contributed by atoms with E-state index < -0.39 is 23.6 Å². The third-order valence-electron chi connectivity index (χ3n) is 1.30. The van der Waals surface area contributed by atoms with Gasteiger partial charge in [-0.3, -0.25) is 4.39 Å². The van der Waals surface area contributed by atoms with E-state index in [0.29, 0.717) is 5.56 Å². The molecule has 1 atom stereocenters. The van der Waals surface area contributed by atoms with Gasteiger partial charge in [-0.15, -0.1) is 0 Å². The lowest BCUT2D eigenvalue weighted by Gasteiger charge is -2.01. The molecule has 0 spiro atoms. The largest absolute Gasteiger partial charge is 0.553 e. The number of rotatable bonds is 2. The van der Waals surface area contributed by atoms with E-state index in [1.54, 1.807) is 12.1 Å². The number of benzene rings is 1. The van der Waals surface area contributed by atoms with Gasteiger partial charge in [0.15, 0.2) is 0 Å². The van der Waals surface area contributed by atoms with Gasteiger partial charge in [0.2, 0.25) is 0 Å². The molecule has 50 valence electrons. The van der Waals surface area contributed by atoms with Crippen LogP contribution in [0.3, 0.4) is 0 Å². The summed E-state index contributed by atoms with van der Waals surface area (Å²) in [5.74, 6) is 0. The lowest BCUT2D eigenvalue weighted by atomic mass is 10.2. The van der Waals surface area contributed by atoms with Crippen LogP contribution in [0.2, 0.25) is 0 Å². The molecule has 0 aliphatic heterocycles. The molecule has 3 heteroatoms. The van der Waals surface area contributed by atoms with Gasteiger partial charge in [-0.1, -0.05) is 30.3 Å². The highest BCUT2D eigenvalue weighted by atomic mass is 35.5. The first-order valence-corrected chi connectivity index (χ1v) is 6.05. The Bertz CT molecular complexity index is 190. The zero-order valence-electron chi connectivity index (χ0n) is 5.43. The summed E-state index contributed by atoms with van der Waals surface area (Å²) in [5.41, 5.74) is 0.712. The second-order valence-corrected chi connectivity index (χ2v) is 3.98. The first-order valence-electron chi connectivity index (χ1n) is 3.09. The van der Waals surface area contributed by atoms with Crippen LogP contribution in [0, 0.1) is 0 Å². The molecule has 0 amide bonds. The summed E-state index contributed by atoms with van der Waals surface area (Å²) < 4.78 is 11.9. The zero-order valence-corrected chi connectivity index (χ0v) is 7.60. The molecule has 0 saturated carbocycles. The van der Waals surface area contributed by atoms with Crippen molar-refractivity contribution in [3.05, 3.63) is 35.9 Å². The van der Waals surface area contributed by atoms with Crippen molar-refractivity contribution in [2.45, 2.75) is 4.30 Å². The van der Waals surface area contributed by atoms with Crippen molar-refractivity contribution < 1.29 is 4.39 Å². The molecule has 0 nitrogen and oxygen atoms in total. The highest BCUT2D eigenvalue weighted by Crippen LogP contribution is 2.15. The highest BCUT2D eigenvalue weighted by molar-refractivity contribution is 6.94. The Morgan fingerprint density at radius 2 is 1.90 bits per heavy atom. The van der Waals surface area contributed by atoms with Gasteiger partial charge in [-0.2, -0.15) is 0 Å². The van der Waals surface area contributed by atoms with Gasteiger partial charge in [-0.25, -0.2) is 0 Å². The average molecular weight is 169 g/mol. The van der Waals surface area contributed by atoms with Crippen molar-refractivity contribution in [2.24, 2.45) is 0 Å². The van der Waals surface area contributed by atoms with E-state index in [9.17, 15) is 4.39 Å². The predicted octanol–water partition coefficient (Wildman–Crippen LogP) is 2.51. The van der Waals surface area contributed by atoms with Crippen molar-refractivity contribution in [3.63, 3.8) is 0 Å². The first-order chi connectivity index (χ1) is 4.84. The summed E-state index contributed by atoms with van der Waals surface area (Å²) in [7, 11) is 5.45. The Morgan fingerprint density at radius 3 is 2.40 bits per heavy atom. The first kappa shape index (κ1) is 8.30. The Morgan fingerprint density at radius 1 is 1.30 bits per heavy atom. The van der Waals surface area contributed by atoms with Crippen LogP contribution < -0.4 is 0 Å². The van der Waals surface area contributed by atoms with Crippen molar-refractivity contribution in [3.8, 4) is 0 Å². The Kier molecular flexibility index (Phi) is 3.46. The number of alkyl halides is 1. The monoisotopic (exact) mass is 168 g/mol. The van der Waals surface area contributed by atoms with Gasteiger partial charge in [0.05, 0.1) is 0 Å². The lowest BCUT2D eigenvalue weighted by molar-refractivity contribution is 0.457. The molecule has 10 heavy (non-hydrogen) atoms. The van der Waals surface area contributed by atoms with E-state index in [-0.39, 0.29) is 0 Å². The van der Waals surface area contributed by atoms with Crippen molar-refractivity contribution in [1.82, 2.24) is 0 Å². The topological polar surface area (TPSA) is 0 Å². The molecule has 0 aromatic heterocycles. The van der Waals surface area contributed by atoms with Gasteiger partial charge in [0.1, 0.15) is 0 Å². The summed E-state index contributed by atoms with van der Waals surface area (Å²) in [6, 6.07) is 9.04. The Balaban J connectivity index is 2.75. The number of hydrogen-bond acceptors (Lipinski definition) is 0. The van der Waals surface area contributed by atoms with E-state index in [1.165, 1.54) is 0 Å². The molecular weight excluding hydrogens is 163 g/mol. The maximum Gasteiger partial charge on any atom is 0.553 e. The van der Waals surface area contributed by atoms with Crippen molar-refractivity contribution in [2.75, 3.05) is 0 Å². The van der Waals surface area contributed by atoms with Crippen molar-refractivity contribution >= 4 is 28.3 Å². The van der Waals surface area contributed by atoms with Crippen LogP contribution in [-0.4, -0.2) is 19.3 Å². The molecule has 0 heterocycles. The van der Waals surface area contributed by atoms with E-state index in [1.807, 2.05) is 18.2 Å². The third kappa shape index (κ3) is 2.11. The minimum absolute atomic E-state index is 0.712. The molecule has 1 aromatic carbocycles. The van der Waals surface area contributed by atoms with Gasteiger partial charge in [0.25, 0.3) is 0 Å². The summed E-state index contributed by atoms with van der Waals surface area (Å²) in [6.07, 6.45) is 0. The van der Waals surface area contributed by atoms with Gasteiger partial charge in [-0.05, 0) is 5.56 Å². The molecule has 0 aliphatic carbocycles. The molecule has 0 saturated heterocycles. The van der Waals surface area contributed by atoms with Crippen LogP contribution in [0.4, 0.5) is 4.39 Å². The van der Waals surface area contributed by atoms with Gasteiger partial charge in [0, 0.05) is 4.30 Å². The van der Waals surface area contributed by atoms with Crippen LogP contribution in [0.25, 0.3) is 0 Å². The summed E-state index contributed by atoms with van der Waals surface area (Å²) in [6.45, 7) is 0. The fourth-order valence-electron chi connectivity index (χ4n) is 0.751. The summed E-state index contributed by atoms with van der Waals surface area (Å²) >= 11 is -1.05. The van der Waals surface area contributed by atoms with E-state index in [0.717, 1.165) is 0 Å². The molecule has 1 rings (SSSR count). The van der Waals surface area contributed by atoms with Gasteiger partial charge < -0.3 is 9.07 Å². The second-order valence-electron chi connectivity index (χ2n) is 2.03. The van der Waals surface area contributed by atoms with Crippen LogP contribution in [0.5, 0.6) is 0 Å². The zero-order chi connectivity index (χ0) is 7.40. The van der Waals surface area contributed by atoms with E-state index in [4.69, 9.17) is 9.07 Å². The molecule has 0 radical (unpaired) electrons.